The largest absolute Gasteiger partial charge is 0.306 e. The summed E-state index contributed by atoms with van der Waals surface area (Å²) < 4.78 is 3.18. The van der Waals surface area contributed by atoms with Crippen LogP contribution in [0.5, 0.6) is 0 Å². The van der Waals surface area contributed by atoms with Crippen LogP contribution >= 0.6 is 0 Å². The van der Waals surface area contributed by atoms with Crippen molar-refractivity contribution in [3.8, 4) is 5.95 Å². The molecule has 26 heavy (non-hydrogen) atoms. The van der Waals surface area contributed by atoms with Crippen molar-refractivity contribution in [2.45, 2.75) is 19.9 Å². The molecule has 0 unspecified atom stereocenters. The van der Waals surface area contributed by atoms with Crippen molar-refractivity contribution < 1.29 is 0 Å². The quantitative estimate of drug-likeness (QED) is 0.588. The van der Waals surface area contributed by atoms with E-state index in [9.17, 15) is 4.79 Å². The molecule has 0 saturated heterocycles. The van der Waals surface area contributed by atoms with Crippen LogP contribution in [-0.2, 0) is 0 Å². The summed E-state index contributed by atoms with van der Waals surface area (Å²) in [7, 11) is 0. The summed E-state index contributed by atoms with van der Waals surface area (Å²) >= 11 is 0. The number of hydrogen-bond donors (Lipinski definition) is 1. The molecule has 0 aliphatic heterocycles. The van der Waals surface area contributed by atoms with Crippen LogP contribution < -0.4 is 5.56 Å². The molecule has 4 heterocycles. The van der Waals surface area contributed by atoms with Crippen molar-refractivity contribution >= 4 is 23.2 Å². The van der Waals surface area contributed by atoms with E-state index in [0.29, 0.717) is 28.5 Å². The van der Waals surface area contributed by atoms with E-state index in [1.54, 1.807) is 35.3 Å². The smallest absolute Gasteiger partial charge is 0.262 e. The molecule has 10 nitrogen and oxygen atoms in total. The molecule has 0 aromatic carbocycles. The molecule has 0 radical (unpaired) electrons. The second-order valence-electron chi connectivity index (χ2n) is 5.84. The molecule has 0 aliphatic carbocycles. The van der Waals surface area contributed by atoms with Gasteiger partial charge >= 0.3 is 0 Å². The van der Waals surface area contributed by atoms with Crippen molar-refractivity contribution in [1.82, 2.24) is 44.7 Å². The second-order valence-corrected chi connectivity index (χ2v) is 5.84. The third-order valence-electron chi connectivity index (χ3n) is 3.67. The Balaban J connectivity index is 1.74. The minimum absolute atomic E-state index is 0.221. The van der Waals surface area contributed by atoms with Crippen molar-refractivity contribution in [1.29, 1.82) is 0 Å². The summed E-state index contributed by atoms with van der Waals surface area (Å²) in [5.41, 5.74) is 0.759. The fourth-order valence-electron chi connectivity index (χ4n) is 2.34. The van der Waals surface area contributed by atoms with Crippen molar-refractivity contribution in [3.63, 3.8) is 0 Å². The number of nitrogens with zero attached hydrogens (tertiary/aromatic N) is 8. The van der Waals surface area contributed by atoms with Crippen molar-refractivity contribution in [2.75, 3.05) is 0 Å². The molecule has 0 bridgehead atoms. The number of fused-ring (bicyclic) bond motifs is 1. The molecule has 4 rings (SSSR count). The lowest BCUT2D eigenvalue weighted by Gasteiger charge is -2.00. The number of nitrogens with one attached hydrogen (secondary N) is 1. The fraction of sp³-hybridized carbons (Fsp3) is 0.188. The van der Waals surface area contributed by atoms with Crippen LogP contribution in [0.3, 0.4) is 0 Å². The zero-order chi connectivity index (χ0) is 18.1. The normalized spacial score (nSPS) is 11.8. The molecule has 0 amide bonds. The summed E-state index contributed by atoms with van der Waals surface area (Å²) in [6.45, 7) is 4.03. The summed E-state index contributed by atoms with van der Waals surface area (Å²) in [5.74, 6) is 0.717. The molecule has 0 aliphatic rings. The van der Waals surface area contributed by atoms with Crippen LogP contribution in [0.1, 0.15) is 31.4 Å². The van der Waals surface area contributed by atoms with Gasteiger partial charge in [0.2, 0.25) is 0 Å². The lowest BCUT2D eigenvalue weighted by molar-refractivity contribution is 0.514. The van der Waals surface area contributed by atoms with Crippen molar-refractivity contribution in [2.24, 2.45) is 0 Å². The zero-order valence-electron chi connectivity index (χ0n) is 14.1. The van der Waals surface area contributed by atoms with E-state index >= 15 is 0 Å². The van der Waals surface area contributed by atoms with Crippen LogP contribution in [0.15, 0.2) is 35.6 Å². The fourth-order valence-corrected chi connectivity index (χ4v) is 2.34. The Hall–Kier alpha value is -3.69. The number of rotatable bonds is 4. The molecule has 4 aromatic heterocycles. The van der Waals surface area contributed by atoms with E-state index in [2.05, 4.69) is 35.3 Å². The standard InChI is InChI=1S/C16H15N9O/c1-10(2)24-9-11(22-23-24)4-5-13-20-14-12(15(26)21-13)8-19-25(14)16-17-6-3-7-18-16/h3-10H,1-2H3,(H,20,21,26)/b5-4+. The van der Waals surface area contributed by atoms with Crippen molar-refractivity contribution in [3.05, 3.63) is 52.7 Å². The first-order valence-electron chi connectivity index (χ1n) is 7.97. The molecular weight excluding hydrogens is 334 g/mol. The highest BCUT2D eigenvalue weighted by Crippen LogP contribution is 2.11. The first kappa shape index (κ1) is 15.8. The Morgan fingerprint density at radius 2 is 2.00 bits per heavy atom. The van der Waals surface area contributed by atoms with Gasteiger partial charge in [0.25, 0.3) is 11.5 Å². The summed E-state index contributed by atoms with van der Waals surface area (Å²) in [6.07, 6.45) is 9.86. The Bertz CT molecular complexity index is 1140. The molecule has 1 N–H and O–H groups in total. The van der Waals surface area contributed by atoms with E-state index in [1.165, 1.54) is 10.9 Å². The third-order valence-corrected chi connectivity index (χ3v) is 3.67. The van der Waals surface area contributed by atoms with Crippen LogP contribution in [0.4, 0.5) is 0 Å². The van der Waals surface area contributed by atoms with Gasteiger partial charge in [-0.1, -0.05) is 5.21 Å². The SMILES string of the molecule is CC(C)n1cc(/C=C/c2nc3c(cnn3-c3ncccn3)c(=O)[nH]2)nn1. The van der Waals surface area contributed by atoms with Crippen LogP contribution in [-0.4, -0.2) is 44.7 Å². The van der Waals surface area contributed by atoms with Gasteiger partial charge in [-0.3, -0.25) is 4.79 Å². The molecular formula is C16H15N9O. The number of H-pyrrole nitrogens is 1. The van der Waals surface area contributed by atoms with Gasteiger partial charge in [-0.25, -0.2) is 19.6 Å². The third kappa shape index (κ3) is 2.88. The Kier molecular flexibility index (Phi) is 3.84. The number of aromatic amines is 1. The maximum atomic E-state index is 12.3. The average Bonchev–Trinajstić information content (AvgIpc) is 3.28. The Morgan fingerprint density at radius 1 is 1.19 bits per heavy atom. The van der Waals surface area contributed by atoms with Gasteiger partial charge in [0.05, 0.1) is 12.4 Å². The minimum Gasteiger partial charge on any atom is -0.306 e. The first-order valence-corrected chi connectivity index (χ1v) is 7.97. The maximum absolute atomic E-state index is 12.3. The van der Waals surface area contributed by atoms with Gasteiger partial charge in [0, 0.05) is 18.4 Å². The van der Waals surface area contributed by atoms with Gasteiger partial charge in [-0.15, -0.1) is 5.10 Å². The topological polar surface area (TPSA) is 120 Å². The van der Waals surface area contributed by atoms with Gasteiger partial charge in [0.1, 0.15) is 16.9 Å². The van der Waals surface area contributed by atoms with Crippen LogP contribution in [0.2, 0.25) is 0 Å². The maximum Gasteiger partial charge on any atom is 0.262 e. The van der Waals surface area contributed by atoms with Gasteiger partial charge < -0.3 is 4.98 Å². The number of hydrogen-bond acceptors (Lipinski definition) is 7. The molecule has 10 heteroatoms. The number of aromatic nitrogens is 9. The summed E-state index contributed by atoms with van der Waals surface area (Å²) in [6, 6.07) is 1.92. The monoisotopic (exact) mass is 349 g/mol. The van der Waals surface area contributed by atoms with Gasteiger partial charge in [0.15, 0.2) is 5.65 Å². The lowest BCUT2D eigenvalue weighted by atomic mass is 10.3. The average molecular weight is 349 g/mol. The van der Waals surface area contributed by atoms with E-state index < -0.39 is 0 Å². The molecule has 130 valence electrons. The highest BCUT2D eigenvalue weighted by Gasteiger charge is 2.12. The zero-order valence-corrected chi connectivity index (χ0v) is 14.1. The highest BCUT2D eigenvalue weighted by molar-refractivity contribution is 5.76. The molecule has 0 fully saturated rings. The Morgan fingerprint density at radius 3 is 2.73 bits per heavy atom. The highest BCUT2D eigenvalue weighted by atomic mass is 16.1. The van der Waals surface area contributed by atoms with E-state index in [4.69, 9.17) is 0 Å². The molecule has 0 atom stereocenters. The van der Waals surface area contributed by atoms with Crippen LogP contribution in [0, 0.1) is 0 Å². The van der Waals surface area contributed by atoms with E-state index in [1.807, 2.05) is 20.0 Å². The lowest BCUT2D eigenvalue weighted by Crippen LogP contribution is -2.11. The van der Waals surface area contributed by atoms with Gasteiger partial charge in [-0.05, 0) is 32.1 Å². The first-order chi connectivity index (χ1) is 12.6. The van der Waals surface area contributed by atoms with Gasteiger partial charge in [-0.2, -0.15) is 9.78 Å². The molecule has 0 saturated carbocycles. The predicted octanol–water partition coefficient (Wildman–Crippen LogP) is 1.24. The Labute approximate surface area is 147 Å². The van der Waals surface area contributed by atoms with E-state index in [0.717, 1.165) is 0 Å². The predicted molar refractivity (Wildman–Crippen MR) is 94.4 cm³/mol. The summed E-state index contributed by atoms with van der Waals surface area (Å²) in [5, 5.41) is 12.6. The minimum atomic E-state index is -0.289. The summed E-state index contributed by atoms with van der Waals surface area (Å²) in [4.78, 5) is 27.7. The molecule has 0 spiro atoms. The van der Waals surface area contributed by atoms with Crippen LogP contribution in [0.25, 0.3) is 29.1 Å². The van der Waals surface area contributed by atoms with E-state index in [-0.39, 0.29) is 11.6 Å². The second kappa shape index (κ2) is 6.31. The molecule has 4 aromatic rings.